The Hall–Kier alpha value is -2.51. The van der Waals surface area contributed by atoms with Gasteiger partial charge in [-0.2, -0.15) is 0 Å². The van der Waals surface area contributed by atoms with E-state index < -0.39 is 9.84 Å². The smallest absolute Gasteiger partial charge is 0.220 e. The minimum absolute atomic E-state index is 0.0521. The van der Waals surface area contributed by atoms with Crippen molar-refractivity contribution in [3.8, 4) is 10.4 Å². The molecule has 0 saturated heterocycles. The van der Waals surface area contributed by atoms with Gasteiger partial charge in [0.15, 0.2) is 9.84 Å². The molecule has 2 aromatic heterocycles. The van der Waals surface area contributed by atoms with Crippen molar-refractivity contribution in [2.45, 2.75) is 24.3 Å². The molecule has 3 aromatic rings. The number of nitrogens with one attached hydrogen (secondary N) is 1. The van der Waals surface area contributed by atoms with Gasteiger partial charge in [-0.1, -0.05) is 18.2 Å². The minimum atomic E-state index is -3.19. The Labute approximate surface area is 163 Å². The summed E-state index contributed by atoms with van der Waals surface area (Å²) in [5.41, 5.74) is 2.92. The maximum atomic E-state index is 12.1. The first-order chi connectivity index (χ1) is 12.9. The molecule has 1 amide bonds. The highest BCUT2D eigenvalue weighted by Crippen LogP contribution is 2.24. The topological polar surface area (TPSA) is 76.1 Å². The molecule has 140 valence electrons. The van der Waals surface area contributed by atoms with E-state index in [4.69, 9.17) is 0 Å². The Morgan fingerprint density at radius 2 is 1.89 bits per heavy atom. The largest absolute Gasteiger partial charge is 0.352 e. The first-order valence-corrected chi connectivity index (χ1v) is 11.2. The standard InChI is InChI=1S/C20H20N2O3S2/c1-27(24,25)18-7-4-15(5-8-18)6-9-20(23)22-13-16-11-17(14-21-12-16)19-3-2-10-26-19/h2-5,7-8,10-12,14H,6,9,13H2,1H3,(H,22,23). The van der Waals surface area contributed by atoms with E-state index in [0.29, 0.717) is 19.4 Å². The van der Waals surface area contributed by atoms with Crippen molar-refractivity contribution in [2.75, 3.05) is 6.26 Å². The SMILES string of the molecule is CS(=O)(=O)c1ccc(CCC(=O)NCc2cncc(-c3cccs3)c2)cc1. The van der Waals surface area contributed by atoms with Crippen LogP contribution in [0.2, 0.25) is 0 Å². The predicted octanol–water partition coefficient (Wildman–Crippen LogP) is 3.46. The summed E-state index contributed by atoms with van der Waals surface area (Å²) in [6, 6.07) is 12.7. The summed E-state index contributed by atoms with van der Waals surface area (Å²) in [5, 5.41) is 4.93. The number of hydrogen-bond acceptors (Lipinski definition) is 5. The van der Waals surface area contributed by atoms with E-state index >= 15 is 0 Å². The molecule has 0 radical (unpaired) electrons. The fraction of sp³-hybridized carbons (Fsp3) is 0.200. The molecule has 2 heterocycles. The third-order valence-corrected chi connectivity index (χ3v) is 6.13. The number of amides is 1. The molecular weight excluding hydrogens is 380 g/mol. The van der Waals surface area contributed by atoms with Crippen LogP contribution in [0.4, 0.5) is 0 Å². The fourth-order valence-electron chi connectivity index (χ4n) is 2.61. The van der Waals surface area contributed by atoms with Crippen LogP contribution in [0, 0.1) is 0 Å². The molecular formula is C20H20N2O3S2. The molecule has 5 nitrogen and oxygen atoms in total. The fourth-order valence-corrected chi connectivity index (χ4v) is 3.95. The lowest BCUT2D eigenvalue weighted by Crippen LogP contribution is -2.23. The van der Waals surface area contributed by atoms with Gasteiger partial charge in [0.05, 0.1) is 4.90 Å². The molecule has 0 bridgehead atoms. The van der Waals surface area contributed by atoms with Crippen LogP contribution in [-0.4, -0.2) is 25.6 Å². The van der Waals surface area contributed by atoms with Crippen molar-refractivity contribution in [3.05, 3.63) is 71.4 Å². The Morgan fingerprint density at radius 1 is 1.11 bits per heavy atom. The number of sulfone groups is 1. The molecule has 0 saturated carbocycles. The number of aryl methyl sites for hydroxylation is 1. The summed E-state index contributed by atoms with van der Waals surface area (Å²) in [6.07, 6.45) is 5.65. The summed E-state index contributed by atoms with van der Waals surface area (Å²) < 4.78 is 22.9. The molecule has 1 aromatic carbocycles. The number of thiophene rings is 1. The zero-order valence-corrected chi connectivity index (χ0v) is 16.5. The van der Waals surface area contributed by atoms with Gasteiger partial charge in [0.1, 0.15) is 0 Å². The van der Waals surface area contributed by atoms with E-state index in [9.17, 15) is 13.2 Å². The van der Waals surface area contributed by atoms with Crippen LogP contribution in [0.3, 0.4) is 0 Å². The van der Waals surface area contributed by atoms with Crippen molar-refractivity contribution >= 4 is 27.1 Å². The number of rotatable bonds is 7. The quantitative estimate of drug-likeness (QED) is 0.659. The van der Waals surface area contributed by atoms with E-state index in [1.165, 1.54) is 6.26 Å². The summed E-state index contributed by atoms with van der Waals surface area (Å²) in [7, 11) is -3.19. The maximum absolute atomic E-state index is 12.1. The van der Waals surface area contributed by atoms with Gasteiger partial charge in [-0.05, 0) is 47.2 Å². The summed E-state index contributed by atoms with van der Waals surface area (Å²) in [6.45, 7) is 0.429. The Kier molecular flexibility index (Phi) is 6.03. The first kappa shape index (κ1) is 19.3. The highest BCUT2D eigenvalue weighted by molar-refractivity contribution is 7.90. The van der Waals surface area contributed by atoms with Crippen molar-refractivity contribution in [2.24, 2.45) is 0 Å². The Balaban J connectivity index is 1.51. The van der Waals surface area contributed by atoms with Crippen molar-refractivity contribution in [3.63, 3.8) is 0 Å². The lowest BCUT2D eigenvalue weighted by molar-refractivity contribution is -0.121. The monoisotopic (exact) mass is 400 g/mol. The zero-order valence-electron chi connectivity index (χ0n) is 14.9. The van der Waals surface area contributed by atoms with Gasteiger partial charge < -0.3 is 5.32 Å². The second kappa shape index (κ2) is 8.45. The lowest BCUT2D eigenvalue weighted by Gasteiger charge is -2.07. The van der Waals surface area contributed by atoms with Crippen LogP contribution in [0.1, 0.15) is 17.5 Å². The molecule has 0 atom stereocenters. The molecule has 27 heavy (non-hydrogen) atoms. The minimum Gasteiger partial charge on any atom is -0.352 e. The molecule has 0 aliphatic rings. The maximum Gasteiger partial charge on any atom is 0.220 e. The van der Waals surface area contributed by atoms with Gasteiger partial charge >= 0.3 is 0 Å². The molecule has 0 aliphatic carbocycles. The van der Waals surface area contributed by atoms with Gasteiger partial charge in [-0.3, -0.25) is 9.78 Å². The molecule has 0 unspecified atom stereocenters. The van der Waals surface area contributed by atoms with Crippen molar-refractivity contribution in [1.29, 1.82) is 0 Å². The molecule has 7 heteroatoms. The number of carbonyl (C=O) groups is 1. The highest BCUT2D eigenvalue weighted by Gasteiger charge is 2.08. The van der Waals surface area contributed by atoms with E-state index in [2.05, 4.69) is 10.3 Å². The second-order valence-electron chi connectivity index (χ2n) is 6.25. The first-order valence-electron chi connectivity index (χ1n) is 8.45. The van der Waals surface area contributed by atoms with Crippen LogP contribution in [0.25, 0.3) is 10.4 Å². The number of aromatic nitrogens is 1. The molecule has 0 spiro atoms. The summed E-state index contributed by atoms with van der Waals surface area (Å²) in [5.74, 6) is -0.0521. The van der Waals surface area contributed by atoms with Crippen LogP contribution in [-0.2, 0) is 27.6 Å². The van der Waals surface area contributed by atoms with Gasteiger partial charge in [-0.15, -0.1) is 11.3 Å². The van der Waals surface area contributed by atoms with E-state index in [-0.39, 0.29) is 10.8 Å². The average Bonchev–Trinajstić information content (AvgIpc) is 3.19. The number of carbonyl (C=O) groups excluding carboxylic acids is 1. The van der Waals surface area contributed by atoms with Crippen molar-refractivity contribution in [1.82, 2.24) is 10.3 Å². The van der Waals surface area contributed by atoms with E-state index in [1.54, 1.807) is 41.8 Å². The number of hydrogen-bond donors (Lipinski definition) is 1. The Bertz CT molecular complexity index is 1010. The normalized spacial score (nSPS) is 11.3. The Morgan fingerprint density at radius 3 is 2.56 bits per heavy atom. The second-order valence-corrected chi connectivity index (χ2v) is 9.22. The zero-order chi connectivity index (χ0) is 19.3. The van der Waals surface area contributed by atoms with Gasteiger partial charge in [-0.25, -0.2) is 8.42 Å². The summed E-state index contributed by atoms with van der Waals surface area (Å²) in [4.78, 5) is 17.8. The molecule has 0 fully saturated rings. The van der Waals surface area contributed by atoms with Gasteiger partial charge in [0.25, 0.3) is 0 Å². The van der Waals surface area contributed by atoms with E-state index in [0.717, 1.165) is 21.6 Å². The van der Waals surface area contributed by atoms with Crippen LogP contribution >= 0.6 is 11.3 Å². The third kappa shape index (κ3) is 5.48. The third-order valence-electron chi connectivity index (χ3n) is 4.08. The molecule has 0 aliphatic heterocycles. The number of benzene rings is 1. The van der Waals surface area contributed by atoms with Crippen molar-refractivity contribution < 1.29 is 13.2 Å². The number of pyridine rings is 1. The molecule has 3 rings (SSSR count). The number of nitrogens with zero attached hydrogens (tertiary/aromatic N) is 1. The molecule has 1 N–H and O–H groups in total. The predicted molar refractivity (Wildman–Crippen MR) is 107 cm³/mol. The van der Waals surface area contributed by atoms with Crippen LogP contribution < -0.4 is 5.32 Å². The summed E-state index contributed by atoms with van der Waals surface area (Å²) >= 11 is 1.65. The van der Waals surface area contributed by atoms with Crippen LogP contribution in [0.5, 0.6) is 0 Å². The van der Waals surface area contributed by atoms with Gasteiger partial charge in [0, 0.05) is 42.1 Å². The lowest BCUT2D eigenvalue weighted by atomic mass is 10.1. The van der Waals surface area contributed by atoms with Gasteiger partial charge in [0.2, 0.25) is 5.91 Å². The van der Waals surface area contributed by atoms with E-state index in [1.807, 2.05) is 29.8 Å². The van der Waals surface area contributed by atoms with Crippen LogP contribution in [0.15, 0.2) is 65.1 Å². The average molecular weight is 401 g/mol. The highest BCUT2D eigenvalue weighted by atomic mass is 32.2.